The molecule has 0 aliphatic carbocycles. The molecule has 17 heavy (non-hydrogen) atoms. The van der Waals surface area contributed by atoms with Crippen LogP contribution in [0.2, 0.25) is 0 Å². The minimum atomic E-state index is 0.0625. The van der Waals surface area contributed by atoms with Gasteiger partial charge in [-0.3, -0.25) is 0 Å². The summed E-state index contributed by atoms with van der Waals surface area (Å²) < 4.78 is 0. The third-order valence-electron chi connectivity index (χ3n) is 2.01. The van der Waals surface area contributed by atoms with E-state index in [0.29, 0.717) is 18.2 Å². The Morgan fingerprint density at radius 2 is 1.94 bits per heavy atom. The van der Waals surface area contributed by atoms with Crippen molar-refractivity contribution in [1.29, 1.82) is 0 Å². The number of aliphatic hydroxyl groups is 1. The lowest BCUT2D eigenvalue weighted by Gasteiger charge is -2.06. The number of rotatable bonds is 5. The first-order valence-corrected chi connectivity index (χ1v) is 5.23. The average Bonchev–Trinajstić information content (AvgIpc) is 2.38. The normalized spacial score (nSPS) is 9.94. The van der Waals surface area contributed by atoms with Crippen LogP contribution in [0.4, 0.5) is 17.5 Å². The minimum absolute atomic E-state index is 0.0625. The highest BCUT2D eigenvalue weighted by atomic mass is 16.3. The van der Waals surface area contributed by atoms with Crippen LogP contribution in [0.1, 0.15) is 0 Å². The summed E-state index contributed by atoms with van der Waals surface area (Å²) in [6.45, 7) is 0.521. The standard InChI is InChI=1S/C11H13N5O/c17-6-5-13-10-7-11(15-8-14-10)16-9-3-1-2-4-12-9/h1-4,7-8,17H,5-6H2,(H2,12,13,14,15,16). The number of pyridine rings is 1. The van der Waals surface area contributed by atoms with E-state index < -0.39 is 0 Å². The Morgan fingerprint density at radius 3 is 2.71 bits per heavy atom. The second kappa shape index (κ2) is 5.76. The number of aliphatic hydroxyl groups excluding tert-OH is 1. The van der Waals surface area contributed by atoms with Crippen LogP contribution in [0.15, 0.2) is 36.8 Å². The molecular weight excluding hydrogens is 218 g/mol. The number of hydrogen-bond acceptors (Lipinski definition) is 6. The van der Waals surface area contributed by atoms with Gasteiger partial charge in [-0.2, -0.15) is 0 Å². The molecule has 0 fully saturated rings. The van der Waals surface area contributed by atoms with Crippen molar-refractivity contribution in [1.82, 2.24) is 15.0 Å². The number of anilines is 3. The van der Waals surface area contributed by atoms with E-state index in [1.165, 1.54) is 6.33 Å². The van der Waals surface area contributed by atoms with Crippen LogP contribution in [0.3, 0.4) is 0 Å². The van der Waals surface area contributed by atoms with Gasteiger partial charge in [0, 0.05) is 18.8 Å². The fourth-order valence-corrected chi connectivity index (χ4v) is 1.27. The Bertz CT molecular complexity index is 462. The van der Waals surface area contributed by atoms with E-state index >= 15 is 0 Å². The van der Waals surface area contributed by atoms with Gasteiger partial charge in [0.1, 0.15) is 23.8 Å². The molecule has 0 saturated carbocycles. The molecule has 0 unspecified atom stereocenters. The Kier molecular flexibility index (Phi) is 3.82. The van der Waals surface area contributed by atoms with Crippen LogP contribution >= 0.6 is 0 Å². The maximum Gasteiger partial charge on any atom is 0.137 e. The third-order valence-corrected chi connectivity index (χ3v) is 2.01. The molecule has 88 valence electrons. The highest BCUT2D eigenvalue weighted by Gasteiger charge is 1.99. The largest absolute Gasteiger partial charge is 0.395 e. The zero-order valence-electron chi connectivity index (χ0n) is 9.17. The van der Waals surface area contributed by atoms with Crippen molar-refractivity contribution >= 4 is 17.5 Å². The summed E-state index contributed by atoms with van der Waals surface area (Å²) in [7, 11) is 0. The van der Waals surface area contributed by atoms with Crippen LogP contribution < -0.4 is 10.6 Å². The van der Waals surface area contributed by atoms with Crippen LogP contribution in [0.25, 0.3) is 0 Å². The lowest BCUT2D eigenvalue weighted by atomic mass is 10.4. The predicted molar refractivity (Wildman–Crippen MR) is 65.1 cm³/mol. The van der Waals surface area contributed by atoms with Gasteiger partial charge >= 0.3 is 0 Å². The second-order valence-electron chi connectivity index (χ2n) is 3.28. The second-order valence-corrected chi connectivity index (χ2v) is 3.28. The molecule has 0 saturated heterocycles. The molecule has 0 spiro atoms. The van der Waals surface area contributed by atoms with Crippen molar-refractivity contribution < 1.29 is 5.11 Å². The van der Waals surface area contributed by atoms with Crippen LogP contribution in [-0.4, -0.2) is 33.2 Å². The van der Waals surface area contributed by atoms with Crippen LogP contribution in [-0.2, 0) is 0 Å². The first kappa shape index (κ1) is 11.3. The molecule has 0 amide bonds. The smallest absolute Gasteiger partial charge is 0.137 e. The summed E-state index contributed by atoms with van der Waals surface area (Å²) in [5, 5.41) is 14.7. The molecule has 6 heteroatoms. The fraction of sp³-hybridized carbons (Fsp3) is 0.182. The molecule has 0 aromatic carbocycles. The van der Waals surface area contributed by atoms with Gasteiger partial charge < -0.3 is 15.7 Å². The Hall–Kier alpha value is -2.21. The molecule has 0 aliphatic rings. The summed E-state index contributed by atoms with van der Waals surface area (Å²) in [5.41, 5.74) is 0. The summed E-state index contributed by atoms with van der Waals surface area (Å²) in [5.74, 6) is 2.03. The van der Waals surface area contributed by atoms with Gasteiger partial charge in [0.25, 0.3) is 0 Å². The predicted octanol–water partition coefficient (Wildman–Crippen LogP) is 1.02. The summed E-state index contributed by atoms with van der Waals surface area (Å²) in [6.07, 6.45) is 3.15. The first-order valence-electron chi connectivity index (χ1n) is 5.23. The Morgan fingerprint density at radius 1 is 1.06 bits per heavy atom. The van der Waals surface area contributed by atoms with Crippen molar-refractivity contribution in [3.05, 3.63) is 36.8 Å². The van der Waals surface area contributed by atoms with E-state index in [9.17, 15) is 0 Å². The number of nitrogens with zero attached hydrogens (tertiary/aromatic N) is 3. The quantitative estimate of drug-likeness (QED) is 0.712. The van der Waals surface area contributed by atoms with Gasteiger partial charge in [-0.15, -0.1) is 0 Å². The summed E-state index contributed by atoms with van der Waals surface area (Å²) in [6, 6.07) is 7.34. The first-order chi connectivity index (χ1) is 8.38. The monoisotopic (exact) mass is 231 g/mol. The van der Waals surface area contributed by atoms with Crippen LogP contribution in [0.5, 0.6) is 0 Å². The SMILES string of the molecule is OCCNc1cc(Nc2ccccn2)ncn1. The molecule has 2 aromatic rings. The molecule has 6 nitrogen and oxygen atoms in total. The van der Waals surface area contributed by atoms with E-state index in [0.717, 1.165) is 5.82 Å². The fourth-order valence-electron chi connectivity index (χ4n) is 1.27. The number of nitrogens with one attached hydrogen (secondary N) is 2. The summed E-state index contributed by atoms with van der Waals surface area (Å²) in [4.78, 5) is 12.2. The van der Waals surface area contributed by atoms with Crippen LogP contribution in [0, 0.1) is 0 Å². The summed E-state index contributed by atoms with van der Waals surface area (Å²) >= 11 is 0. The number of hydrogen-bond donors (Lipinski definition) is 3. The zero-order chi connectivity index (χ0) is 11.9. The minimum Gasteiger partial charge on any atom is -0.395 e. The van der Waals surface area contributed by atoms with Crippen molar-refractivity contribution in [2.45, 2.75) is 0 Å². The van der Waals surface area contributed by atoms with Crippen molar-refractivity contribution in [3.63, 3.8) is 0 Å². The van der Waals surface area contributed by atoms with Crippen molar-refractivity contribution in [2.24, 2.45) is 0 Å². The molecule has 0 radical (unpaired) electrons. The van der Waals surface area contributed by atoms with Crippen molar-refractivity contribution in [2.75, 3.05) is 23.8 Å². The van der Waals surface area contributed by atoms with Gasteiger partial charge in [-0.1, -0.05) is 6.07 Å². The van der Waals surface area contributed by atoms with E-state index in [4.69, 9.17) is 5.11 Å². The lowest BCUT2D eigenvalue weighted by Crippen LogP contribution is -2.07. The zero-order valence-corrected chi connectivity index (χ0v) is 9.17. The molecule has 0 atom stereocenters. The van der Waals surface area contributed by atoms with E-state index in [-0.39, 0.29) is 6.61 Å². The van der Waals surface area contributed by atoms with Gasteiger partial charge in [0.2, 0.25) is 0 Å². The van der Waals surface area contributed by atoms with E-state index in [2.05, 4.69) is 25.6 Å². The van der Waals surface area contributed by atoms with E-state index in [1.54, 1.807) is 12.3 Å². The van der Waals surface area contributed by atoms with Gasteiger partial charge in [-0.05, 0) is 12.1 Å². The molecule has 0 aliphatic heterocycles. The topological polar surface area (TPSA) is 83.0 Å². The maximum atomic E-state index is 8.70. The Labute approximate surface area is 98.8 Å². The van der Waals surface area contributed by atoms with Crippen molar-refractivity contribution in [3.8, 4) is 0 Å². The highest BCUT2D eigenvalue weighted by molar-refractivity contribution is 5.55. The average molecular weight is 231 g/mol. The highest BCUT2D eigenvalue weighted by Crippen LogP contribution is 2.13. The molecule has 2 rings (SSSR count). The molecule has 3 N–H and O–H groups in total. The van der Waals surface area contributed by atoms with Gasteiger partial charge in [0.05, 0.1) is 6.61 Å². The third kappa shape index (κ3) is 3.39. The molecule has 0 bridgehead atoms. The molecule has 2 aromatic heterocycles. The lowest BCUT2D eigenvalue weighted by molar-refractivity contribution is 0.311. The Balaban J connectivity index is 2.06. The van der Waals surface area contributed by atoms with Gasteiger partial charge in [-0.25, -0.2) is 15.0 Å². The molecule has 2 heterocycles. The molecular formula is C11H13N5O. The maximum absolute atomic E-state index is 8.70. The van der Waals surface area contributed by atoms with Gasteiger partial charge in [0.15, 0.2) is 0 Å². The van der Waals surface area contributed by atoms with E-state index in [1.807, 2.05) is 18.2 Å². The number of aromatic nitrogens is 3.